The third-order valence-corrected chi connectivity index (χ3v) is 3.37. The van der Waals surface area contributed by atoms with Gasteiger partial charge in [-0.25, -0.2) is 0 Å². The Bertz CT molecular complexity index is 629. The van der Waals surface area contributed by atoms with Crippen LogP contribution in [-0.4, -0.2) is 12.5 Å². The predicted molar refractivity (Wildman–Crippen MR) is 90.7 cm³/mol. The van der Waals surface area contributed by atoms with Crippen LogP contribution < -0.4 is 10.1 Å². The van der Waals surface area contributed by atoms with E-state index in [1.54, 1.807) is 6.07 Å². The molecule has 1 amide bonds. The van der Waals surface area contributed by atoms with Crippen LogP contribution in [0.3, 0.4) is 0 Å². The number of ether oxygens (including phenoxy) is 1. The summed E-state index contributed by atoms with van der Waals surface area (Å²) < 4.78 is 5.72. The molecule has 0 heterocycles. The van der Waals surface area contributed by atoms with Crippen LogP contribution >= 0.6 is 0 Å². The van der Waals surface area contributed by atoms with Crippen LogP contribution in [0, 0.1) is 13.8 Å². The second-order valence-electron chi connectivity index (χ2n) is 5.53. The summed E-state index contributed by atoms with van der Waals surface area (Å²) in [4.78, 5) is 12.5. The van der Waals surface area contributed by atoms with Gasteiger partial charge >= 0.3 is 0 Å². The van der Waals surface area contributed by atoms with Gasteiger partial charge in [-0.3, -0.25) is 4.79 Å². The molecule has 1 N–H and O–H groups in total. The fourth-order valence-electron chi connectivity index (χ4n) is 2.35. The third kappa shape index (κ3) is 4.35. The van der Waals surface area contributed by atoms with E-state index in [-0.39, 0.29) is 5.91 Å². The molecule has 0 spiro atoms. The van der Waals surface area contributed by atoms with Crippen LogP contribution in [0.25, 0.3) is 0 Å². The molecular weight excluding hydrogens is 274 g/mol. The second-order valence-corrected chi connectivity index (χ2v) is 5.53. The molecule has 0 saturated carbocycles. The number of rotatable bonds is 6. The summed E-state index contributed by atoms with van der Waals surface area (Å²) in [5, 5.41) is 2.95. The highest BCUT2D eigenvalue weighted by atomic mass is 16.5. The smallest absolute Gasteiger partial charge is 0.259 e. The number of hydrogen-bond acceptors (Lipinski definition) is 2. The van der Waals surface area contributed by atoms with Gasteiger partial charge in [0.1, 0.15) is 5.75 Å². The van der Waals surface area contributed by atoms with Gasteiger partial charge in [-0.05, 0) is 55.7 Å². The van der Waals surface area contributed by atoms with Crippen molar-refractivity contribution in [1.82, 2.24) is 0 Å². The Hall–Kier alpha value is -2.29. The van der Waals surface area contributed by atoms with E-state index in [0.717, 1.165) is 29.7 Å². The van der Waals surface area contributed by atoms with Crippen molar-refractivity contribution in [2.75, 3.05) is 11.9 Å². The normalized spacial score (nSPS) is 10.3. The number of amides is 1. The molecule has 2 rings (SSSR count). The Labute approximate surface area is 132 Å². The lowest BCUT2D eigenvalue weighted by Crippen LogP contribution is -2.14. The summed E-state index contributed by atoms with van der Waals surface area (Å²) in [5.74, 6) is 0.495. The second kappa shape index (κ2) is 7.64. The number of benzene rings is 2. The monoisotopic (exact) mass is 297 g/mol. The molecule has 0 bridgehead atoms. The van der Waals surface area contributed by atoms with Crippen molar-refractivity contribution in [2.24, 2.45) is 0 Å². The Kier molecular flexibility index (Phi) is 5.59. The highest BCUT2D eigenvalue weighted by molar-refractivity contribution is 6.06. The van der Waals surface area contributed by atoms with Gasteiger partial charge in [0, 0.05) is 5.69 Å². The van der Waals surface area contributed by atoms with Crippen molar-refractivity contribution in [3.8, 4) is 5.75 Å². The number of para-hydroxylation sites is 1. The van der Waals surface area contributed by atoms with E-state index < -0.39 is 0 Å². The number of aryl methyl sites for hydroxylation is 2. The molecular formula is C19H23NO2. The number of carbonyl (C=O) groups excluding carboxylic acids is 1. The van der Waals surface area contributed by atoms with Gasteiger partial charge in [-0.2, -0.15) is 0 Å². The molecule has 0 unspecified atom stereocenters. The minimum Gasteiger partial charge on any atom is -0.493 e. The first kappa shape index (κ1) is 16.1. The maximum absolute atomic E-state index is 12.5. The standard InChI is InChI=1S/C19H23NO2/c1-4-5-10-22-18-9-7-6-8-17(18)19(21)20-16-12-14(2)11-15(3)13-16/h6-9,11-13H,4-5,10H2,1-3H3,(H,20,21). The van der Waals surface area contributed by atoms with Gasteiger partial charge in [0.15, 0.2) is 0 Å². The average Bonchev–Trinajstić information content (AvgIpc) is 2.47. The summed E-state index contributed by atoms with van der Waals surface area (Å²) in [6.07, 6.45) is 2.05. The fourth-order valence-corrected chi connectivity index (χ4v) is 2.35. The van der Waals surface area contributed by atoms with E-state index in [1.807, 2.05) is 44.2 Å². The molecule has 3 heteroatoms. The summed E-state index contributed by atoms with van der Waals surface area (Å²) in [6, 6.07) is 13.4. The van der Waals surface area contributed by atoms with Crippen molar-refractivity contribution >= 4 is 11.6 Å². The Balaban J connectivity index is 2.15. The molecule has 0 fully saturated rings. The van der Waals surface area contributed by atoms with Crippen LogP contribution in [0.1, 0.15) is 41.3 Å². The maximum Gasteiger partial charge on any atom is 0.259 e. The Morgan fingerprint density at radius 1 is 1.09 bits per heavy atom. The summed E-state index contributed by atoms with van der Waals surface area (Å²) in [7, 11) is 0. The molecule has 22 heavy (non-hydrogen) atoms. The zero-order chi connectivity index (χ0) is 15.9. The molecule has 0 atom stereocenters. The van der Waals surface area contributed by atoms with Gasteiger partial charge in [0.2, 0.25) is 0 Å². The fraction of sp³-hybridized carbons (Fsp3) is 0.316. The molecule has 0 aromatic heterocycles. The average molecular weight is 297 g/mol. The minimum absolute atomic E-state index is 0.142. The molecule has 0 radical (unpaired) electrons. The molecule has 0 saturated heterocycles. The lowest BCUT2D eigenvalue weighted by molar-refractivity contribution is 0.102. The lowest BCUT2D eigenvalue weighted by Gasteiger charge is -2.12. The van der Waals surface area contributed by atoms with E-state index in [9.17, 15) is 4.79 Å². The quantitative estimate of drug-likeness (QED) is 0.782. The molecule has 0 aliphatic carbocycles. The molecule has 0 aliphatic rings. The number of unbranched alkanes of at least 4 members (excludes halogenated alkanes) is 1. The lowest BCUT2D eigenvalue weighted by atomic mass is 10.1. The minimum atomic E-state index is -0.142. The first-order valence-electron chi connectivity index (χ1n) is 7.71. The van der Waals surface area contributed by atoms with Crippen molar-refractivity contribution in [2.45, 2.75) is 33.6 Å². The van der Waals surface area contributed by atoms with Gasteiger partial charge in [0.25, 0.3) is 5.91 Å². The number of anilines is 1. The molecule has 2 aromatic rings. The van der Waals surface area contributed by atoms with Crippen LogP contribution in [0.15, 0.2) is 42.5 Å². The highest BCUT2D eigenvalue weighted by Crippen LogP contribution is 2.21. The van der Waals surface area contributed by atoms with Crippen molar-refractivity contribution in [3.05, 3.63) is 59.2 Å². The van der Waals surface area contributed by atoms with Gasteiger partial charge < -0.3 is 10.1 Å². The number of nitrogens with one attached hydrogen (secondary N) is 1. The van der Waals surface area contributed by atoms with E-state index in [0.29, 0.717) is 17.9 Å². The first-order valence-corrected chi connectivity index (χ1v) is 7.71. The molecule has 2 aromatic carbocycles. The highest BCUT2D eigenvalue weighted by Gasteiger charge is 2.12. The molecule has 3 nitrogen and oxygen atoms in total. The number of hydrogen-bond donors (Lipinski definition) is 1. The summed E-state index contributed by atoms with van der Waals surface area (Å²) >= 11 is 0. The van der Waals surface area contributed by atoms with Crippen LogP contribution in [0.2, 0.25) is 0 Å². The number of carbonyl (C=O) groups is 1. The maximum atomic E-state index is 12.5. The van der Waals surface area contributed by atoms with Gasteiger partial charge in [-0.1, -0.05) is 31.5 Å². The summed E-state index contributed by atoms with van der Waals surface area (Å²) in [5.41, 5.74) is 3.63. The zero-order valence-corrected chi connectivity index (χ0v) is 13.5. The van der Waals surface area contributed by atoms with Crippen molar-refractivity contribution in [3.63, 3.8) is 0 Å². The zero-order valence-electron chi connectivity index (χ0n) is 13.5. The van der Waals surface area contributed by atoms with Crippen LogP contribution in [0.4, 0.5) is 5.69 Å². The SMILES string of the molecule is CCCCOc1ccccc1C(=O)Nc1cc(C)cc(C)c1. The van der Waals surface area contributed by atoms with E-state index >= 15 is 0 Å². The molecule has 116 valence electrons. The van der Waals surface area contributed by atoms with E-state index in [1.165, 1.54) is 0 Å². The van der Waals surface area contributed by atoms with Crippen LogP contribution in [0.5, 0.6) is 5.75 Å². The Morgan fingerprint density at radius 2 is 1.77 bits per heavy atom. The third-order valence-electron chi connectivity index (χ3n) is 3.37. The largest absolute Gasteiger partial charge is 0.493 e. The molecule has 0 aliphatic heterocycles. The first-order chi connectivity index (χ1) is 10.6. The Morgan fingerprint density at radius 3 is 2.45 bits per heavy atom. The van der Waals surface area contributed by atoms with Crippen molar-refractivity contribution in [1.29, 1.82) is 0 Å². The van der Waals surface area contributed by atoms with Crippen LogP contribution in [-0.2, 0) is 0 Å². The summed E-state index contributed by atoms with van der Waals surface area (Å²) in [6.45, 7) is 6.78. The van der Waals surface area contributed by atoms with Crippen molar-refractivity contribution < 1.29 is 9.53 Å². The van der Waals surface area contributed by atoms with Gasteiger partial charge in [0.05, 0.1) is 12.2 Å². The van der Waals surface area contributed by atoms with E-state index in [4.69, 9.17) is 4.74 Å². The predicted octanol–water partition coefficient (Wildman–Crippen LogP) is 4.73. The van der Waals surface area contributed by atoms with Gasteiger partial charge in [-0.15, -0.1) is 0 Å². The van der Waals surface area contributed by atoms with E-state index in [2.05, 4.69) is 18.3 Å². The topological polar surface area (TPSA) is 38.3 Å².